The summed E-state index contributed by atoms with van der Waals surface area (Å²) in [7, 11) is 2.03. The van der Waals surface area contributed by atoms with Crippen molar-refractivity contribution >= 4 is 28.9 Å². The van der Waals surface area contributed by atoms with Crippen LogP contribution in [0, 0.1) is 6.92 Å². The highest BCUT2D eigenvalue weighted by Crippen LogP contribution is 2.32. The Morgan fingerprint density at radius 3 is 2.49 bits per heavy atom. The molecule has 0 atom stereocenters. The van der Waals surface area contributed by atoms with Crippen molar-refractivity contribution in [2.24, 2.45) is 7.05 Å². The summed E-state index contributed by atoms with van der Waals surface area (Å²) in [5.41, 5.74) is 6.93. The lowest BCUT2D eigenvalue weighted by Gasteiger charge is -2.31. The summed E-state index contributed by atoms with van der Waals surface area (Å²) >= 11 is 1.95. The van der Waals surface area contributed by atoms with Gasteiger partial charge in [-0.25, -0.2) is 9.97 Å². The molecule has 0 spiro atoms. The number of piperidine rings is 1. The summed E-state index contributed by atoms with van der Waals surface area (Å²) in [4.78, 5) is 22.4. The van der Waals surface area contributed by atoms with Crippen molar-refractivity contribution in [1.82, 2.24) is 24.5 Å². The van der Waals surface area contributed by atoms with E-state index in [4.69, 9.17) is 9.97 Å². The second-order valence-corrected chi connectivity index (χ2v) is 11.9. The van der Waals surface area contributed by atoms with E-state index in [1.165, 1.54) is 21.6 Å². The van der Waals surface area contributed by atoms with Crippen LogP contribution in [0.1, 0.15) is 56.0 Å². The zero-order valence-corrected chi connectivity index (χ0v) is 22.1. The minimum absolute atomic E-state index is 0.111. The van der Waals surface area contributed by atoms with Crippen LogP contribution in [0.15, 0.2) is 53.9 Å². The summed E-state index contributed by atoms with van der Waals surface area (Å²) in [5, 5.41) is 0.606. The number of fused-ring (bicyclic) bond motifs is 1. The van der Waals surface area contributed by atoms with Crippen LogP contribution in [0.3, 0.4) is 0 Å². The molecule has 4 heterocycles. The van der Waals surface area contributed by atoms with Crippen LogP contribution in [-0.4, -0.2) is 42.8 Å². The molecule has 3 aromatic heterocycles. The maximum Gasteiger partial charge on any atom is 0.227 e. The number of imidazole rings is 1. The number of hydrogen-bond acceptors (Lipinski definition) is 6. The number of rotatable bonds is 5. The number of nitrogens with zero attached hydrogens (tertiary/aromatic N) is 6. The lowest BCUT2D eigenvalue weighted by Crippen LogP contribution is -2.36. The Morgan fingerprint density at radius 1 is 1.03 bits per heavy atom. The van der Waals surface area contributed by atoms with E-state index in [2.05, 4.69) is 77.5 Å². The van der Waals surface area contributed by atoms with Gasteiger partial charge in [-0.15, -0.1) is 11.8 Å². The van der Waals surface area contributed by atoms with Crippen molar-refractivity contribution < 1.29 is 0 Å². The molecule has 1 saturated heterocycles. The van der Waals surface area contributed by atoms with E-state index >= 15 is 0 Å². The van der Waals surface area contributed by atoms with Gasteiger partial charge in [-0.3, -0.25) is 4.98 Å². The molecule has 0 bridgehead atoms. The molecule has 0 unspecified atom stereocenters. The van der Waals surface area contributed by atoms with Gasteiger partial charge in [0.1, 0.15) is 5.52 Å². The lowest BCUT2D eigenvalue weighted by atomic mass is 9.84. The van der Waals surface area contributed by atoms with Gasteiger partial charge in [0, 0.05) is 49.1 Å². The largest absolute Gasteiger partial charge is 0.341 e. The van der Waals surface area contributed by atoms with Crippen LogP contribution in [0.2, 0.25) is 0 Å². The maximum atomic E-state index is 5.13. The summed E-state index contributed by atoms with van der Waals surface area (Å²) < 4.78 is 2.05. The molecule has 4 aromatic rings. The number of benzene rings is 1. The van der Waals surface area contributed by atoms with Crippen molar-refractivity contribution in [2.45, 2.75) is 62.5 Å². The van der Waals surface area contributed by atoms with Crippen LogP contribution in [0.25, 0.3) is 11.2 Å². The van der Waals surface area contributed by atoms with Gasteiger partial charge in [0.25, 0.3) is 0 Å². The number of pyridine rings is 1. The number of aryl methyl sites for hydroxylation is 2. The molecule has 1 aromatic carbocycles. The third kappa shape index (κ3) is 5.20. The van der Waals surface area contributed by atoms with Crippen LogP contribution < -0.4 is 4.90 Å². The third-order valence-electron chi connectivity index (χ3n) is 6.88. The number of hydrogen-bond donors (Lipinski definition) is 0. The summed E-state index contributed by atoms with van der Waals surface area (Å²) in [6.07, 6.45) is 8.58. The Labute approximate surface area is 212 Å². The predicted octanol–water partition coefficient (Wildman–Crippen LogP) is 5.72. The first-order chi connectivity index (χ1) is 16.8. The molecular formula is C28H34N6S. The Morgan fingerprint density at radius 2 is 1.77 bits per heavy atom. The minimum atomic E-state index is 0.111. The molecule has 5 rings (SSSR count). The van der Waals surface area contributed by atoms with Gasteiger partial charge in [0.05, 0.1) is 12.0 Å². The van der Waals surface area contributed by atoms with Crippen molar-refractivity contribution in [3.05, 3.63) is 71.4 Å². The molecular weight excluding hydrogens is 452 g/mol. The third-order valence-corrected chi connectivity index (χ3v) is 8.23. The van der Waals surface area contributed by atoms with Gasteiger partial charge in [-0.1, -0.05) is 39.0 Å². The van der Waals surface area contributed by atoms with Gasteiger partial charge in [-0.2, -0.15) is 4.98 Å². The van der Waals surface area contributed by atoms with Crippen LogP contribution in [0.5, 0.6) is 0 Å². The standard InChI is InChI=1S/C28H34N6S/c1-19-6-7-21(28(2,3)4)16-20(19)17-24-25-26(30-18-33(25)5)32-27(31-24)34-14-10-23(11-15-34)35-22-8-12-29-13-9-22/h6-9,12-13,16,18,23H,10-11,14-15,17H2,1-5H3. The average Bonchev–Trinajstić information content (AvgIpc) is 3.22. The lowest BCUT2D eigenvalue weighted by molar-refractivity contribution is 0.580. The van der Waals surface area contributed by atoms with E-state index in [1.807, 2.05) is 37.5 Å². The second kappa shape index (κ2) is 9.61. The van der Waals surface area contributed by atoms with Gasteiger partial charge in [-0.05, 0) is 54.0 Å². The van der Waals surface area contributed by atoms with Gasteiger partial charge in [0.2, 0.25) is 5.95 Å². The first-order valence-corrected chi connectivity index (χ1v) is 13.3. The van der Waals surface area contributed by atoms with Crippen molar-refractivity contribution in [3.8, 4) is 0 Å². The number of anilines is 1. The topological polar surface area (TPSA) is 59.7 Å². The van der Waals surface area contributed by atoms with E-state index in [1.54, 1.807) is 0 Å². The van der Waals surface area contributed by atoms with Gasteiger partial charge < -0.3 is 9.47 Å². The van der Waals surface area contributed by atoms with Gasteiger partial charge >= 0.3 is 0 Å². The molecule has 35 heavy (non-hydrogen) atoms. The van der Waals surface area contributed by atoms with Crippen molar-refractivity contribution in [1.29, 1.82) is 0 Å². The van der Waals surface area contributed by atoms with Crippen LogP contribution in [-0.2, 0) is 18.9 Å². The molecule has 0 radical (unpaired) electrons. The minimum Gasteiger partial charge on any atom is -0.341 e. The fourth-order valence-electron chi connectivity index (χ4n) is 4.68. The Hall–Kier alpha value is -2.93. The summed E-state index contributed by atoms with van der Waals surface area (Å²) in [6.45, 7) is 10.9. The highest BCUT2D eigenvalue weighted by atomic mass is 32.2. The summed E-state index contributed by atoms with van der Waals surface area (Å²) in [5.74, 6) is 0.809. The zero-order valence-electron chi connectivity index (χ0n) is 21.3. The van der Waals surface area contributed by atoms with Gasteiger partial charge in [0.15, 0.2) is 5.65 Å². The van der Waals surface area contributed by atoms with Crippen LogP contribution >= 0.6 is 11.8 Å². The van der Waals surface area contributed by atoms with E-state index < -0.39 is 0 Å². The molecule has 0 amide bonds. The molecule has 0 N–H and O–H groups in total. The quantitative estimate of drug-likeness (QED) is 0.360. The normalized spacial score (nSPS) is 15.2. The SMILES string of the molecule is Cc1ccc(C(C)(C)C)cc1Cc1nc(N2CCC(Sc3ccncc3)CC2)nc2ncn(C)c12. The Bertz CT molecular complexity index is 1320. The molecule has 6 nitrogen and oxygen atoms in total. The van der Waals surface area contributed by atoms with Crippen molar-refractivity contribution in [3.63, 3.8) is 0 Å². The smallest absolute Gasteiger partial charge is 0.227 e. The van der Waals surface area contributed by atoms with E-state index in [-0.39, 0.29) is 5.41 Å². The van der Waals surface area contributed by atoms with Crippen molar-refractivity contribution in [2.75, 3.05) is 18.0 Å². The molecule has 1 fully saturated rings. The predicted molar refractivity (Wildman–Crippen MR) is 144 cm³/mol. The molecule has 0 aliphatic carbocycles. The summed E-state index contributed by atoms with van der Waals surface area (Å²) in [6, 6.07) is 11.0. The van der Waals surface area contributed by atoms with E-state index in [9.17, 15) is 0 Å². The second-order valence-electron chi connectivity index (χ2n) is 10.6. The van der Waals surface area contributed by atoms with E-state index in [0.717, 1.165) is 55.2 Å². The maximum absolute atomic E-state index is 5.13. The molecule has 0 saturated carbocycles. The van der Waals surface area contributed by atoms with E-state index in [0.29, 0.717) is 5.25 Å². The highest BCUT2D eigenvalue weighted by Gasteiger charge is 2.24. The number of aromatic nitrogens is 5. The Balaban J connectivity index is 1.40. The monoisotopic (exact) mass is 486 g/mol. The highest BCUT2D eigenvalue weighted by molar-refractivity contribution is 8.00. The first kappa shape index (κ1) is 23.8. The molecule has 1 aliphatic heterocycles. The molecule has 1 aliphatic rings. The average molecular weight is 487 g/mol. The zero-order chi connectivity index (χ0) is 24.6. The fourth-order valence-corrected chi connectivity index (χ4v) is 5.79. The molecule has 7 heteroatoms. The molecule has 182 valence electrons. The number of thioether (sulfide) groups is 1. The Kier molecular flexibility index (Phi) is 6.53. The fraction of sp³-hybridized carbons (Fsp3) is 0.429. The van der Waals surface area contributed by atoms with Crippen LogP contribution in [0.4, 0.5) is 5.95 Å². The first-order valence-electron chi connectivity index (χ1n) is 12.4.